The Kier molecular flexibility index (Phi) is 9.53. The summed E-state index contributed by atoms with van der Waals surface area (Å²) in [5.74, 6) is 0. The van der Waals surface area contributed by atoms with Gasteiger partial charge in [-0.3, -0.25) is 4.90 Å². The molecule has 214 valence electrons. The fraction of sp³-hybridized carbons (Fsp3) is 0.531. The van der Waals surface area contributed by atoms with Gasteiger partial charge in [0.25, 0.3) is 8.32 Å². The molecule has 0 bridgehead atoms. The van der Waals surface area contributed by atoms with Crippen molar-refractivity contribution >= 4 is 24.8 Å². The number of nitrogens with zero attached hydrogens (tertiary/aromatic N) is 1. The Bertz CT molecular complexity index is 1080. The van der Waals surface area contributed by atoms with E-state index in [1.54, 1.807) is 0 Å². The van der Waals surface area contributed by atoms with E-state index in [0.717, 1.165) is 5.57 Å². The Hall–Kier alpha value is -2.45. The highest BCUT2D eigenvalue weighted by Crippen LogP contribution is 2.37. The Balaban J connectivity index is 1.80. The molecule has 6 nitrogen and oxygen atoms in total. The lowest BCUT2D eigenvalue weighted by molar-refractivity contribution is -0.0664. The van der Waals surface area contributed by atoms with Crippen LogP contribution in [0.5, 0.6) is 0 Å². The summed E-state index contributed by atoms with van der Waals surface area (Å²) in [6.07, 6.45) is 1.28. The highest BCUT2D eigenvalue weighted by Gasteiger charge is 2.50. The fourth-order valence-corrected chi connectivity index (χ4v) is 10.00. The molecule has 0 radical (unpaired) electrons. The third-order valence-corrected chi connectivity index (χ3v) is 12.3. The minimum absolute atomic E-state index is 0.103. The number of hydrogen-bond donors (Lipinski definition) is 1. The van der Waals surface area contributed by atoms with Crippen LogP contribution in [0.3, 0.4) is 0 Å². The summed E-state index contributed by atoms with van der Waals surface area (Å²) in [7, 11) is -2.62. The summed E-state index contributed by atoms with van der Waals surface area (Å²) in [6, 6.07) is 20.6. The molecule has 2 atom stereocenters. The van der Waals surface area contributed by atoms with E-state index in [-0.39, 0.29) is 11.6 Å². The summed E-state index contributed by atoms with van der Waals surface area (Å²) in [5, 5.41) is 13.7. The largest absolute Gasteiger partial charge is 0.444 e. The van der Waals surface area contributed by atoms with Crippen LogP contribution < -0.4 is 10.4 Å². The van der Waals surface area contributed by atoms with Crippen LogP contribution in [-0.2, 0) is 13.9 Å². The molecular formula is C32H47NO5Si. The lowest BCUT2D eigenvalue weighted by Crippen LogP contribution is -2.66. The standard InChI is InChI=1S/C32H47NO5Si/c1-24(28(34)27-23-36-32(8,9)33(27)29(35)38-30(2,3)4)17-16-22-37-39(31(5,6)7,25-18-12-10-13-19-25)26-20-14-11-15-21-26/h10-15,17-21,27-28,34H,16,22-23H2,1-9H3/b24-17-/t27-,28-/m0/s1. The van der Waals surface area contributed by atoms with Gasteiger partial charge in [-0.15, -0.1) is 0 Å². The van der Waals surface area contributed by atoms with Gasteiger partial charge in [0, 0.05) is 6.61 Å². The SMILES string of the molecule is C/C(=C/CCO[Si](c1ccccc1)(c1ccccc1)C(C)(C)C)[C@H](O)[C@@H]1COC(C)(C)N1C(=O)OC(C)(C)C. The van der Waals surface area contributed by atoms with Gasteiger partial charge < -0.3 is 19.0 Å². The molecule has 0 aliphatic carbocycles. The van der Waals surface area contributed by atoms with E-state index in [1.165, 1.54) is 15.3 Å². The van der Waals surface area contributed by atoms with Crippen molar-refractivity contribution in [1.82, 2.24) is 4.90 Å². The smallest absolute Gasteiger partial charge is 0.413 e. The molecule has 1 N–H and O–H groups in total. The number of carbonyl (C=O) groups is 1. The normalized spacial score (nSPS) is 19.2. The maximum absolute atomic E-state index is 13.0. The van der Waals surface area contributed by atoms with Gasteiger partial charge >= 0.3 is 6.09 Å². The van der Waals surface area contributed by atoms with Crippen LogP contribution in [0.4, 0.5) is 4.79 Å². The molecule has 0 aromatic heterocycles. The molecule has 1 fully saturated rings. The van der Waals surface area contributed by atoms with Crippen molar-refractivity contribution in [3.8, 4) is 0 Å². The Labute approximate surface area is 236 Å². The molecule has 1 saturated heterocycles. The fourth-order valence-electron chi connectivity index (χ4n) is 5.42. The van der Waals surface area contributed by atoms with Gasteiger partial charge in [0.2, 0.25) is 0 Å². The minimum Gasteiger partial charge on any atom is -0.444 e. The van der Waals surface area contributed by atoms with Crippen LogP contribution >= 0.6 is 0 Å². The summed E-state index contributed by atoms with van der Waals surface area (Å²) < 4.78 is 18.5. The summed E-state index contributed by atoms with van der Waals surface area (Å²) in [4.78, 5) is 14.6. The number of ether oxygens (including phenoxy) is 2. The zero-order valence-corrected chi connectivity index (χ0v) is 26.2. The lowest BCUT2D eigenvalue weighted by Gasteiger charge is -2.43. The molecule has 3 rings (SSSR count). The molecule has 1 aliphatic rings. The van der Waals surface area contributed by atoms with Crippen molar-refractivity contribution in [1.29, 1.82) is 0 Å². The van der Waals surface area contributed by atoms with Gasteiger partial charge in [-0.25, -0.2) is 4.79 Å². The van der Waals surface area contributed by atoms with Crippen molar-refractivity contribution in [2.24, 2.45) is 0 Å². The molecule has 0 saturated carbocycles. The molecule has 7 heteroatoms. The average molecular weight is 554 g/mol. The van der Waals surface area contributed by atoms with E-state index in [0.29, 0.717) is 13.0 Å². The van der Waals surface area contributed by atoms with Crippen molar-refractivity contribution in [3.05, 3.63) is 72.3 Å². The van der Waals surface area contributed by atoms with E-state index in [9.17, 15) is 9.90 Å². The molecule has 39 heavy (non-hydrogen) atoms. The maximum atomic E-state index is 13.0. The monoisotopic (exact) mass is 553 g/mol. The molecule has 0 unspecified atom stereocenters. The average Bonchev–Trinajstić information content (AvgIpc) is 3.17. The second-order valence-electron chi connectivity index (χ2n) is 12.9. The van der Waals surface area contributed by atoms with Crippen LogP contribution in [0.15, 0.2) is 72.3 Å². The second kappa shape index (κ2) is 12.0. The van der Waals surface area contributed by atoms with E-state index in [2.05, 4.69) is 69.3 Å². The predicted molar refractivity (Wildman–Crippen MR) is 160 cm³/mol. The van der Waals surface area contributed by atoms with E-state index in [1.807, 2.05) is 59.8 Å². The number of hydrogen-bond acceptors (Lipinski definition) is 5. The summed E-state index contributed by atoms with van der Waals surface area (Å²) in [5.41, 5.74) is -0.740. The molecule has 0 spiro atoms. The minimum atomic E-state index is -2.62. The Morgan fingerprint density at radius 1 is 1.05 bits per heavy atom. The number of aliphatic hydroxyl groups is 1. The number of carbonyl (C=O) groups excluding carboxylic acids is 1. The summed E-state index contributed by atoms with van der Waals surface area (Å²) in [6.45, 7) is 18.6. The number of amides is 1. The molecule has 2 aromatic carbocycles. The third kappa shape index (κ3) is 7.01. The van der Waals surface area contributed by atoms with Gasteiger partial charge in [-0.1, -0.05) is 87.5 Å². The first-order valence-corrected chi connectivity index (χ1v) is 15.8. The van der Waals surface area contributed by atoms with Crippen LogP contribution in [0.25, 0.3) is 0 Å². The van der Waals surface area contributed by atoms with Crippen molar-refractivity contribution in [2.45, 2.75) is 97.2 Å². The highest BCUT2D eigenvalue weighted by atomic mass is 28.4. The Morgan fingerprint density at radius 2 is 1.56 bits per heavy atom. The van der Waals surface area contributed by atoms with Crippen molar-refractivity contribution < 1.29 is 23.8 Å². The van der Waals surface area contributed by atoms with Crippen LogP contribution in [0.2, 0.25) is 5.04 Å². The van der Waals surface area contributed by atoms with Crippen molar-refractivity contribution in [2.75, 3.05) is 13.2 Å². The van der Waals surface area contributed by atoms with Gasteiger partial charge in [-0.05, 0) is 68.9 Å². The molecular weight excluding hydrogens is 506 g/mol. The number of aliphatic hydroxyl groups excluding tert-OH is 1. The predicted octanol–water partition coefficient (Wildman–Crippen LogP) is 5.63. The van der Waals surface area contributed by atoms with Gasteiger partial charge in [0.15, 0.2) is 0 Å². The number of rotatable bonds is 8. The first-order valence-electron chi connectivity index (χ1n) is 13.9. The van der Waals surface area contributed by atoms with Gasteiger partial charge in [0.05, 0.1) is 18.8 Å². The third-order valence-electron chi connectivity index (χ3n) is 7.26. The van der Waals surface area contributed by atoms with Gasteiger partial charge in [0.1, 0.15) is 11.3 Å². The van der Waals surface area contributed by atoms with Gasteiger partial charge in [-0.2, -0.15) is 0 Å². The molecule has 1 heterocycles. The van der Waals surface area contributed by atoms with Crippen molar-refractivity contribution in [3.63, 3.8) is 0 Å². The molecule has 1 amide bonds. The first-order chi connectivity index (χ1) is 18.1. The van der Waals surface area contributed by atoms with E-state index in [4.69, 9.17) is 13.9 Å². The molecule has 2 aromatic rings. The summed E-state index contributed by atoms with van der Waals surface area (Å²) >= 11 is 0. The maximum Gasteiger partial charge on any atom is 0.413 e. The zero-order chi connectivity index (χ0) is 29.1. The van der Waals surface area contributed by atoms with Crippen LogP contribution in [0.1, 0.15) is 68.7 Å². The number of benzene rings is 2. The van der Waals surface area contributed by atoms with Crippen LogP contribution in [0, 0.1) is 0 Å². The molecule has 1 aliphatic heterocycles. The quantitative estimate of drug-likeness (QED) is 0.261. The van der Waals surface area contributed by atoms with E-state index < -0.39 is 37.9 Å². The topological polar surface area (TPSA) is 68.2 Å². The zero-order valence-electron chi connectivity index (χ0n) is 25.2. The first kappa shape index (κ1) is 31.1. The van der Waals surface area contributed by atoms with E-state index >= 15 is 0 Å². The highest BCUT2D eigenvalue weighted by molar-refractivity contribution is 6.99. The second-order valence-corrected chi connectivity index (χ2v) is 17.2. The Morgan fingerprint density at radius 3 is 2.03 bits per heavy atom. The lowest BCUT2D eigenvalue weighted by atomic mass is 10.0. The van der Waals surface area contributed by atoms with Crippen LogP contribution in [-0.4, -0.2) is 61.1 Å².